The molecule has 0 N–H and O–H groups in total. The Bertz CT molecular complexity index is 641. The number of unbranched alkanes of at least 4 members (excludes halogenated alkanes) is 1. The Morgan fingerprint density at radius 3 is 2.58 bits per heavy atom. The van der Waals surface area contributed by atoms with Crippen LogP contribution in [0.2, 0.25) is 0 Å². The first-order chi connectivity index (χ1) is 11.8. The lowest BCUT2D eigenvalue weighted by Gasteiger charge is -2.29. The summed E-state index contributed by atoms with van der Waals surface area (Å²) in [7, 11) is 2.11. The highest BCUT2D eigenvalue weighted by Gasteiger charge is 2.17. The lowest BCUT2D eigenvalue weighted by atomic mass is 10.2. The van der Waals surface area contributed by atoms with E-state index in [1.54, 1.807) is 0 Å². The van der Waals surface area contributed by atoms with Gasteiger partial charge in [-0.1, -0.05) is 43.7 Å². The first-order valence-electron chi connectivity index (χ1n) is 8.76. The van der Waals surface area contributed by atoms with Gasteiger partial charge in [-0.25, -0.2) is 9.97 Å². The molecule has 1 saturated heterocycles. The molecule has 5 heteroatoms. The Morgan fingerprint density at radius 1 is 1.12 bits per heavy atom. The van der Waals surface area contributed by atoms with E-state index in [4.69, 9.17) is 14.7 Å². The van der Waals surface area contributed by atoms with E-state index in [2.05, 4.69) is 42.0 Å². The van der Waals surface area contributed by atoms with Gasteiger partial charge in [0.15, 0.2) is 5.82 Å². The normalized spacial score (nSPS) is 14.7. The molecular weight excluding hydrogens is 300 g/mol. The molecule has 1 aromatic heterocycles. The molecule has 128 valence electrons. The number of ether oxygens (including phenoxy) is 1. The lowest BCUT2D eigenvalue weighted by molar-refractivity contribution is 0.122. The second kappa shape index (κ2) is 8.11. The van der Waals surface area contributed by atoms with Gasteiger partial charge in [-0.2, -0.15) is 0 Å². The number of nitrogens with zero attached hydrogens (tertiary/aromatic N) is 4. The molecule has 1 aliphatic heterocycles. The molecule has 0 atom stereocenters. The summed E-state index contributed by atoms with van der Waals surface area (Å²) in [5, 5.41) is 0. The molecule has 1 aliphatic rings. The molecule has 3 rings (SSSR count). The molecule has 0 aliphatic carbocycles. The Kier molecular flexibility index (Phi) is 5.64. The summed E-state index contributed by atoms with van der Waals surface area (Å²) in [5.41, 5.74) is 1.05. The molecule has 5 nitrogen and oxygen atoms in total. The average Bonchev–Trinajstić information content (AvgIpc) is 2.67. The molecule has 0 saturated carbocycles. The van der Waals surface area contributed by atoms with E-state index in [1.807, 2.05) is 18.2 Å². The molecule has 1 fully saturated rings. The fraction of sp³-hybridized carbons (Fsp3) is 0.474. The number of morpholine rings is 1. The topological polar surface area (TPSA) is 41.5 Å². The van der Waals surface area contributed by atoms with E-state index >= 15 is 0 Å². The van der Waals surface area contributed by atoms with Crippen LogP contribution in [0.15, 0.2) is 36.4 Å². The molecule has 2 heterocycles. The van der Waals surface area contributed by atoms with Gasteiger partial charge in [0.05, 0.1) is 13.2 Å². The van der Waals surface area contributed by atoms with E-state index in [1.165, 1.54) is 6.42 Å². The summed E-state index contributed by atoms with van der Waals surface area (Å²) in [6.45, 7) is 6.48. The van der Waals surface area contributed by atoms with Crippen LogP contribution in [0.1, 0.15) is 19.8 Å². The van der Waals surface area contributed by atoms with Gasteiger partial charge in [-0.3, -0.25) is 0 Å². The van der Waals surface area contributed by atoms with Crippen molar-refractivity contribution in [2.24, 2.45) is 0 Å². The molecule has 0 spiro atoms. The van der Waals surface area contributed by atoms with Crippen LogP contribution in [0.5, 0.6) is 0 Å². The smallest absolute Gasteiger partial charge is 0.163 e. The number of aromatic nitrogens is 2. The predicted octanol–water partition coefficient (Wildman–Crippen LogP) is 3.22. The molecule has 0 radical (unpaired) electrons. The van der Waals surface area contributed by atoms with Crippen molar-refractivity contribution >= 4 is 11.6 Å². The molecule has 1 aromatic carbocycles. The van der Waals surface area contributed by atoms with Gasteiger partial charge in [0, 0.05) is 38.3 Å². The third-order valence-electron chi connectivity index (χ3n) is 4.30. The highest BCUT2D eigenvalue weighted by atomic mass is 16.5. The first-order valence-corrected chi connectivity index (χ1v) is 8.76. The Hall–Kier alpha value is -2.14. The highest BCUT2D eigenvalue weighted by molar-refractivity contribution is 5.62. The van der Waals surface area contributed by atoms with Gasteiger partial charge < -0.3 is 14.5 Å². The van der Waals surface area contributed by atoms with Crippen molar-refractivity contribution in [3.63, 3.8) is 0 Å². The summed E-state index contributed by atoms with van der Waals surface area (Å²) in [6.07, 6.45) is 2.34. The van der Waals surface area contributed by atoms with Gasteiger partial charge in [0.2, 0.25) is 0 Å². The minimum absolute atomic E-state index is 0.756. The van der Waals surface area contributed by atoms with E-state index in [0.29, 0.717) is 0 Å². The fourth-order valence-corrected chi connectivity index (χ4v) is 2.80. The van der Waals surface area contributed by atoms with Gasteiger partial charge in [0.1, 0.15) is 11.6 Å². The number of anilines is 2. The molecule has 2 aromatic rings. The summed E-state index contributed by atoms with van der Waals surface area (Å²) in [5.74, 6) is 2.77. The molecular formula is C19H26N4O. The number of rotatable bonds is 6. The van der Waals surface area contributed by atoms with Crippen LogP contribution < -0.4 is 9.80 Å². The average molecular weight is 326 g/mol. The maximum absolute atomic E-state index is 5.47. The van der Waals surface area contributed by atoms with Gasteiger partial charge in [0.25, 0.3) is 0 Å². The standard InChI is InChI=1S/C19H26N4O/c1-3-4-10-22(2)17-15-18(23-11-13-24-14-12-23)21-19(20-17)16-8-6-5-7-9-16/h5-9,15H,3-4,10-14H2,1-2H3. The van der Waals surface area contributed by atoms with Gasteiger partial charge >= 0.3 is 0 Å². The van der Waals surface area contributed by atoms with Crippen molar-refractivity contribution in [1.82, 2.24) is 9.97 Å². The zero-order chi connectivity index (χ0) is 16.8. The number of hydrogen-bond acceptors (Lipinski definition) is 5. The van der Waals surface area contributed by atoms with Crippen LogP contribution in [0.3, 0.4) is 0 Å². The Labute approximate surface area is 144 Å². The van der Waals surface area contributed by atoms with Crippen LogP contribution in [0.25, 0.3) is 11.4 Å². The number of hydrogen-bond donors (Lipinski definition) is 0. The third-order valence-corrected chi connectivity index (χ3v) is 4.30. The Morgan fingerprint density at radius 2 is 1.88 bits per heavy atom. The second-order valence-corrected chi connectivity index (χ2v) is 6.15. The highest BCUT2D eigenvalue weighted by Crippen LogP contribution is 2.24. The summed E-state index contributed by atoms with van der Waals surface area (Å²) in [6, 6.07) is 12.3. The minimum Gasteiger partial charge on any atom is -0.378 e. The van der Waals surface area contributed by atoms with Gasteiger partial charge in [-0.05, 0) is 6.42 Å². The zero-order valence-electron chi connectivity index (χ0n) is 14.6. The lowest BCUT2D eigenvalue weighted by Crippen LogP contribution is -2.37. The molecule has 0 amide bonds. The monoisotopic (exact) mass is 326 g/mol. The largest absolute Gasteiger partial charge is 0.378 e. The zero-order valence-corrected chi connectivity index (χ0v) is 14.6. The van der Waals surface area contributed by atoms with Crippen molar-refractivity contribution in [2.45, 2.75) is 19.8 Å². The predicted molar refractivity (Wildman–Crippen MR) is 98.7 cm³/mol. The van der Waals surface area contributed by atoms with Crippen molar-refractivity contribution in [3.8, 4) is 11.4 Å². The fourth-order valence-electron chi connectivity index (χ4n) is 2.80. The minimum atomic E-state index is 0.756. The maximum atomic E-state index is 5.47. The second-order valence-electron chi connectivity index (χ2n) is 6.15. The van der Waals surface area contributed by atoms with E-state index < -0.39 is 0 Å². The summed E-state index contributed by atoms with van der Waals surface area (Å²) < 4.78 is 5.47. The molecule has 0 unspecified atom stereocenters. The Balaban J connectivity index is 1.95. The number of benzene rings is 1. The van der Waals surface area contributed by atoms with Crippen LogP contribution in [-0.2, 0) is 4.74 Å². The van der Waals surface area contributed by atoms with Crippen LogP contribution in [-0.4, -0.2) is 49.9 Å². The van der Waals surface area contributed by atoms with Crippen molar-refractivity contribution < 1.29 is 4.74 Å². The quantitative estimate of drug-likeness (QED) is 0.815. The van der Waals surface area contributed by atoms with E-state index in [9.17, 15) is 0 Å². The van der Waals surface area contributed by atoms with E-state index in [0.717, 1.165) is 62.3 Å². The molecule has 24 heavy (non-hydrogen) atoms. The van der Waals surface area contributed by atoms with Gasteiger partial charge in [-0.15, -0.1) is 0 Å². The summed E-state index contributed by atoms with van der Waals surface area (Å²) >= 11 is 0. The van der Waals surface area contributed by atoms with Crippen LogP contribution >= 0.6 is 0 Å². The first kappa shape index (κ1) is 16.7. The van der Waals surface area contributed by atoms with Crippen molar-refractivity contribution in [1.29, 1.82) is 0 Å². The molecule has 0 bridgehead atoms. The van der Waals surface area contributed by atoms with E-state index in [-0.39, 0.29) is 0 Å². The SMILES string of the molecule is CCCCN(C)c1cc(N2CCOCC2)nc(-c2ccccc2)n1. The third kappa shape index (κ3) is 4.03. The van der Waals surface area contributed by atoms with Crippen LogP contribution in [0, 0.1) is 0 Å². The maximum Gasteiger partial charge on any atom is 0.163 e. The summed E-state index contributed by atoms with van der Waals surface area (Å²) in [4.78, 5) is 14.1. The van der Waals surface area contributed by atoms with Crippen molar-refractivity contribution in [2.75, 3.05) is 49.7 Å². The van der Waals surface area contributed by atoms with Crippen LogP contribution in [0.4, 0.5) is 11.6 Å². The van der Waals surface area contributed by atoms with Crippen molar-refractivity contribution in [3.05, 3.63) is 36.4 Å².